The van der Waals surface area contributed by atoms with Crippen molar-refractivity contribution in [3.8, 4) is 0 Å². The van der Waals surface area contributed by atoms with Gasteiger partial charge >= 0.3 is 10.4 Å². The van der Waals surface area contributed by atoms with Crippen LogP contribution in [0.3, 0.4) is 0 Å². The molecule has 0 saturated heterocycles. The Bertz CT molecular complexity index is 289. The lowest BCUT2D eigenvalue weighted by atomic mass is 10.1. The monoisotopic (exact) mass is 206 g/mol. The largest absolute Gasteiger partial charge is 0.397 e. The van der Waals surface area contributed by atoms with Crippen molar-refractivity contribution in [2.45, 2.75) is 19.8 Å². The molecule has 0 heterocycles. The van der Waals surface area contributed by atoms with Gasteiger partial charge in [-0.3, -0.25) is 4.55 Å². The van der Waals surface area contributed by atoms with Crippen LogP contribution in [0.5, 0.6) is 0 Å². The van der Waals surface area contributed by atoms with Crippen molar-refractivity contribution >= 4 is 10.4 Å². The molecule has 0 aromatic rings. The quantitative estimate of drug-likeness (QED) is 0.531. The molecule has 0 aliphatic heterocycles. The van der Waals surface area contributed by atoms with Crippen LogP contribution in [0.2, 0.25) is 0 Å². The Morgan fingerprint density at radius 2 is 2.00 bits per heavy atom. The molecule has 4 nitrogen and oxygen atoms in total. The molecule has 0 atom stereocenters. The summed E-state index contributed by atoms with van der Waals surface area (Å²) in [6.07, 6.45) is 1.04. The summed E-state index contributed by atoms with van der Waals surface area (Å²) >= 11 is 0. The molecule has 0 saturated carbocycles. The molecule has 1 N–H and O–H groups in total. The van der Waals surface area contributed by atoms with Crippen LogP contribution < -0.4 is 0 Å². The molecule has 0 radical (unpaired) electrons. The van der Waals surface area contributed by atoms with E-state index in [2.05, 4.69) is 17.3 Å². The fourth-order valence-corrected chi connectivity index (χ4v) is 1.10. The van der Waals surface area contributed by atoms with Crippen LogP contribution in [0, 0.1) is 0 Å². The van der Waals surface area contributed by atoms with E-state index in [0.29, 0.717) is 12.8 Å². The standard InChI is InChI=1S/C8H14O4S/c1-7(2)6-8(3)4-5-12-13(9,10)11/h1,3-6H2,2H3,(H,9,10,11). The average molecular weight is 206 g/mol. The van der Waals surface area contributed by atoms with Crippen LogP contribution in [-0.2, 0) is 14.6 Å². The zero-order chi connectivity index (χ0) is 10.5. The first kappa shape index (κ1) is 12.3. The maximum absolute atomic E-state index is 10.1. The van der Waals surface area contributed by atoms with E-state index >= 15 is 0 Å². The molecule has 13 heavy (non-hydrogen) atoms. The average Bonchev–Trinajstić information content (AvgIpc) is 1.81. The number of hydrogen-bond donors (Lipinski definition) is 1. The van der Waals surface area contributed by atoms with Crippen molar-refractivity contribution in [3.05, 3.63) is 24.3 Å². The van der Waals surface area contributed by atoms with Crippen LogP contribution in [0.25, 0.3) is 0 Å². The third kappa shape index (κ3) is 9.26. The summed E-state index contributed by atoms with van der Waals surface area (Å²) in [7, 11) is -4.31. The molecule has 0 bridgehead atoms. The van der Waals surface area contributed by atoms with E-state index in [1.165, 1.54) is 0 Å². The van der Waals surface area contributed by atoms with E-state index in [-0.39, 0.29) is 6.61 Å². The third-order valence-electron chi connectivity index (χ3n) is 1.24. The second kappa shape index (κ2) is 5.16. The second-order valence-corrected chi connectivity index (χ2v) is 3.97. The molecular formula is C8H14O4S. The third-order valence-corrected chi connectivity index (χ3v) is 1.70. The number of rotatable bonds is 6. The van der Waals surface area contributed by atoms with Crippen molar-refractivity contribution in [2.75, 3.05) is 6.61 Å². The minimum Gasteiger partial charge on any atom is -0.264 e. The molecule has 0 fully saturated rings. The summed E-state index contributed by atoms with van der Waals surface area (Å²) in [5.74, 6) is 0. The topological polar surface area (TPSA) is 63.6 Å². The van der Waals surface area contributed by atoms with Gasteiger partial charge in [-0.25, -0.2) is 4.18 Å². The highest BCUT2D eigenvalue weighted by Crippen LogP contribution is 2.10. The van der Waals surface area contributed by atoms with Gasteiger partial charge in [0, 0.05) is 0 Å². The van der Waals surface area contributed by atoms with Gasteiger partial charge in [0.05, 0.1) is 6.61 Å². The van der Waals surface area contributed by atoms with Gasteiger partial charge in [-0.2, -0.15) is 8.42 Å². The Hall–Kier alpha value is -0.650. The van der Waals surface area contributed by atoms with E-state index in [1.807, 2.05) is 6.92 Å². The molecule has 0 aliphatic carbocycles. The Balaban J connectivity index is 3.67. The van der Waals surface area contributed by atoms with Crippen LogP contribution in [0.4, 0.5) is 0 Å². The van der Waals surface area contributed by atoms with E-state index in [9.17, 15) is 8.42 Å². The predicted octanol–water partition coefficient (Wildman–Crippen LogP) is 1.72. The molecule has 0 aromatic carbocycles. The fourth-order valence-electron chi connectivity index (χ4n) is 0.806. The first-order chi connectivity index (χ1) is 5.81. The molecule has 76 valence electrons. The highest BCUT2D eigenvalue weighted by Gasteiger charge is 2.04. The van der Waals surface area contributed by atoms with Crippen LogP contribution in [-0.4, -0.2) is 19.6 Å². The summed E-state index contributed by atoms with van der Waals surface area (Å²) < 4.78 is 32.6. The Labute approximate surface area is 78.9 Å². The highest BCUT2D eigenvalue weighted by atomic mass is 32.3. The van der Waals surface area contributed by atoms with Crippen LogP contribution in [0.15, 0.2) is 24.3 Å². The number of allylic oxidation sites excluding steroid dienone is 1. The fraction of sp³-hybridized carbons (Fsp3) is 0.500. The predicted molar refractivity (Wildman–Crippen MR) is 50.7 cm³/mol. The first-order valence-corrected chi connectivity index (χ1v) is 5.10. The molecule has 0 unspecified atom stereocenters. The van der Waals surface area contributed by atoms with E-state index in [4.69, 9.17) is 4.55 Å². The first-order valence-electron chi connectivity index (χ1n) is 3.74. The minimum absolute atomic E-state index is 0.0784. The second-order valence-electron chi connectivity index (χ2n) is 2.88. The lowest BCUT2D eigenvalue weighted by Gasteiger charge is -2.03. The van der Waals surface area contributed by atoms with Crippen LogP contribution in [0.1, 0.15) is 19.8 Å². The summed E-state index contributed by atoms with van der Waals surface area (Å²) in [6, 6.07) is 0. The van der Waals surface area contributed by atoms with E-state index < -0.39 is 10.4 Å². The van der Waals surface area contributed by atoms with Crippen molar-refractivity contribution in [2.24, 2.45) is 0 Å². The Morgan fingerprint density at radius 1 is 1.46 bits per heavy atom. The molecule has 5 heteroatoms. The van der Waals surface area contributed by atoms with Gasteiger partial charge in [0.15, 0.2) is 0 Å². The molecule has 0 rings (SSSR count). The van der Waals surface area contributed by atoms with Gasteiger partial charge < -0.3 is 0 Å². The van der Waals surface area contributed by atoms with Crippen LogP contribution >= 0.6 is 0 Å². The lowest BCUT2D eigenvalue weighted by molar-refractivity contribution is 0.271. The lowest BCUT2D eigenvalue weighted by Crippen LogP contribution is -2.05. The van der Waals surface area contributed by atoms with Crippen molar-refractivity contribution in [3.63, 3.8) is 0 Å². The van der Waals surface area contributed by atoms with Crippen molar-refractivity contribution in [1.29, 1.82) is 0 Å². The van der Waals surface area contributed by atoms with Gasteiger partial charge in [-0.1, -0.05) is 24.3 Å². The summed E-state index contributed by atoms with van der Waals surface area (Å²) in [5.41, 5.74) is 1.79. The smallest absolute Gasteiger partial charge is 0.264 e. The summed E-state index contributed by atoms with van der Waals surface area (Å²) in [5, 5.41) is 0. The van der Waals surface area contributed by atoms with Gasteiger partial charge in [-0.05, 0) is 19.8 Å². The van der Waals surface area contributed by atoms with Gasteiger partial charge in [0.25, 0.3) is 0 Å². The minimum atomic E-state index is -4.31. The van der Waals surface area contributed by atoms with Gasteiger partial charge in [0.2, 0.25) is 0 Å². The molecule has 0 amide bonds. The molecular weight excluding hydrogens is 192 g/mol. The zero-order valence-corrected chi connectivity index (χ0v) is 8.43. The normalized spacial score (nSPS) is 11.2. The maximum Gasteiger partial charge on any atom is 0.397 e. The molecule has 0 spiro atoms. The van der Waals surface area contributed by atoms with E-state index in [1.54, 1.807) is 0 Å². The summed E-state index contributed by atoms with van der Waals surface area (Å²) in [4.78, 5) is 0. The molecule has 0 aromatic heterocycles. The number of hydrogen-bond acceptors (Lipinski definition) is 3. The SMILES string of the molecule is C=C(C)CC(=C)CCOS(=O)(=O)O. The zero-order valence-electron chi connectivity index (χ0n) is 7.62. The van der Waals surface area contributed by atoms with Crippen molar-refractivity contribution in [1.82, 2.24) is 0 Å². The van der Waals surface area contributed by atoms with E-state index in [0.717, 1.165) is 11.1 Å². The van der Waals surface area contributed by atoms with Crippen molar-refractivity contribution < 1.29 is 17.2 Å². The highest BCUT2D eigenvalue weighted by molar-refractivity contribution is 7.80. The Morgan fingerprint density at radius 3 is 2.38 bits per heavy atom. The maximum atomic E-state index is 10.1. The van der Waals surface area contributed by atoms with Gasteiger partial charge in [0.1, 0.15) is 0 Å². The Kier molecular flexibility index (Phi) is 4.90. The summed E-state index contributed by atoms with van der Waals surface area (Å²) in [6.45, 7) is 9.16. The molecule has 0 aliphatic rings. The van der Waals surface area contributed by atoms with Gasteiger partial charge in [-0.15, -0.1) is 0 Å².